The Hall–Kier alpha value is -1.03. The molecule has 13 heavy (non-hydrogen) atoms. The fraction of sp³-hybridized carbons (Fsp3) is 0.667. The van der Waals surface area contributed by atoms with Crippen LogP contribution in [-0.4, -0.2) is 28.7 Å². The van der Waals surface area contributed by atoms with Crippen LogP contribution in [0.25, 0.3) is 0 Å². The van der Waals surface area contributed by atoms with E-state index in [-0.39, 0.29) is 5.54 Å². The maximum Gasteiger partial charge on any atom is 0.200 e. The van der Waals surface area contributed by atoms with Crippen molar-refractivity contribution in [2.75, 3.05) is 18.5 Å². The molecule has 0 unspecified atom stereocenters. The molecule has 2 heterocycles. The number of aromatic amines is 1. The Morgan fingerprint density at radius 1 is 1.54 bits per heavy atom. The molecule has 4 heteroatoms. The average molecular weight is 181 g/mol. The lowest BCUT2D eigenvalue weighted by Gasteiger charge is -2.34. The third kappa shape index (κ3) is 2.01. The van der Waals surface area contributed by atoms with E-state index in [1.54, 1.807) is 6.20 Å². The van der Waals surface area contributed by atoms with Crippen LogP contribution in [-0.2, 0) is 4.74 Å². The molecule has 2 N–H and O–H groups in total. The number of rotatable bonds is 2. The van der Waals surface area contributed by atoms with E-state index in [0.717, 1.165) is 32.0 Å². The number of hydrogen-bond acceptors (Lipinski definition) is 3. The highest BCUT2D eigenvalue weighted by Gasteiger charge is 2.27. The topological polar surface area (TPSA) is 49.9 Å². The highest BCUT2D eigenvalue weighted by molar-refractivity contribution is 5.28. The quantitative estimate of drug-likeness (QED) is 0.725. The molecule has 0 aromatic carbocycles. The van der Waals surface area contributed by atoms with Crippen LogP contribution in [0.3, 0.4) is 0 Å². The van der Waals surface area contributed by atoms with Gasteiger partial charge in [-0.15, -0.1) is 0 Å². The Bertz CT molecular complexity index is 252. The first-order valence-corrected chi connectivity index (χ1v) is 4.64. The van der Waals surface area contributed by atoms with Crippen LogP contribution in [0.5, 0.6) is 0 Å². The van der Waals surface area contributed by atoms with E-state index in [4.69, 9.17) is 4.74 Å². The van der Waals surface area contributed by atoms with Gasteiger partial charge in [0.1, 0.15) is 0 Å². The largest absolute Gasteiger partial charge is 0.381 e. The normalized spacial score (nSPS) is 21.3. The SMILES string of the molecule is CC1(Nc2ncc[nH]2)CCOCC1. The predicted octanol–water partition coefficient (Wildman–Crippen LogP) is 1.39. The number of nitrogens with one attached hydrogen (secondary N) is 2. The van der Waals surface area contributed by atoms with Crippen molar-refractivity contribution in [2.24, 2.45) is 0 Å². The molecule has 1 saturated heterocycles. The summed E-state index contributed by atoms with van der Waals surface area (Å²) in [6.07, 6.45) is 5.65. The summed E-state index contributed by atoms with van der Waals surface area (Å²) in [4.78, 5) is 7.19. The second-order valence-electron chi connectivity index (χ2n) is 3.74. The van der Waals surface area contributed by atoms with Crippen molar-refractivity contribution >= 4 is 5.95 Å². The van der Waals surface area contributed by atoms with Gasteiger partial charge in [-0.1, -0.05) is 0 Å². The second kappa shape index (κ2) is 3.38. The van der Waals surface area contributed by atoms with Gasteiger partial charge in [0.05, 0.1) is 0 Å². The van der Waals surface area contributed by atoms with Crippen LogP contribution < -0.4 is 5.32 Å². The summed E-state index contributed by atoms with van der Waals surface area (Å²) in [5, 5.41) is 3.39. The molecule has 0 bridgehead atoms. The van der Waals surface area contributed by atoms with Crippen LogP contribution >= 0.6 is 0 Å². The van der Waals surface area contributed by atoms with E-state index in [9.17, 15) is 0 Å². The van der Waals surface area contributed by atoms with E-state index in [2.05, 4.69) is 22.2 Å². The van der Waals surface area contributed by atoms with Crippen molar-refractivity contribution in [3.8, 4) is 0 Å². The summed E-state index contributed by atoms with van der Waals surface area (Å²) >= 11 is 0. The number of aromatic nitrogens is 2. The minimum atomic E-state index is 0.135. The minimum Gasteiger partial charge on any atom is -0.381 e. The zero-order valence-corrected chi connectivity index (χ0v) is 7.84. The molecule has 0 amide bonds. The van der Waals surface area contributed by atoms with Gasteiger partial charge in [0.25, 0.3) is 0 Å². The van der Waals surface area contributed by atoms with Crippen LogP contribution in [0.2, 0.25) is 0 Å². The molecule has 0 radical (unpaired) electrons. The van der Waals surface area contributed by atoms with Crippen LogP contribution in [0.15, 0.2) is 12.4 Å². The van der Waals surface area contributed by atoms with Gasteiger partial charge in [0.15, 0.2) is 5.95 Å². The smallest absolute Gasteiger partial charge is 0.200 e. The molecule has 0 spiro atoms. The highest BCUT2D eigenvalue weighted by atomic mass is 16.5. The van der Waals surface area contributed by atoms with Gasteiger partial charge in [-0.05, 0) is 19.8 Å². The molecule has 1 aromatic heterocycles. The van der Waals surface area contributed by atoms with Crippen LogP contribution in [0, 0.1) is 0 Å². The zero-order valence-electron chi connectivity index (χ0n) is 7.84. The molecule has 72 valence electrons. The van der Waals surface area contributed by atoms with E-state index in [0.29, 0.717) is 0 Å². The van der Waals surface area contributed by atoms with E-state index < -0.39 is 0 Å². The van der Waals surface area contributed by atoms with Crippen molar-refractivity contribution in [2.45, 2.75) is 25.3 Å². The minimum absolute atomic E-state index is 0.135. The van der Waals surface area contributed by atoms with Gasteiger partial charge >= 0.3 is 0 Å². The number of anilines is 1. The first-order chi connectivity index (χ1) is 6.29. The number of imidazole rings is 1. The van der Waals surface area contributed by atoms with Gasteiger partial charge in [-0.25, -0.2) is 4.98 Å². The Morgan fingerprint density at radius 3 is 2.92 bits per heavy atom. The van der Waals surface area contributed by atoms with Crippen LogP contribution in [0.1, 0.15) is 19.8 Å². The summed E-state index contributed by atoms with van der Waals surface area (Å²) in [6, 6.07) is 0. The summed E-state index contributed by atoms with van der Waals surface area (Å²) < 4.78 is 5.31. The number of H-pyrrole nitrogens is 1. The number of hydrogen-bond donors (Lipinski definition) is 2. The Balaban J connectivity index is 1.99. The predicted molar refractivity (Wildman–Crippen MR) is 50.7 cm³/mol. The molecule has 2 rings (SSSR count). The van der Waals surface area contributed by atoms with Gasteiger partial charge in [0, 0.05) is 31.1 Å². The molecule has 1 aliphatic heterocycles. The zero-order chi connectivity index (χ0) is 9.15. The van der Waals surface area contributed by atoms with Gasteiger partial charge in [-0.3, -0.25) is 0 Å². The molecule has 0 atom stereocenters. The molecule has 0 aliphatic carbocycles. The van der Waals surface area contributed by atoms with Gasteiger partial charge < -0.3 is 15.0 Å². The van der Waals surface area contributed by atoms with Crippen molar-refractivity contribution in [1.82, 2.24) is 9.97 Å². The van der Waals surface area contributed by atoms with Gasteiger partial charge in [-0.2, -0.15) is 0 Å². The highest BCUT2D eigenvalue weighted by Crippen LogP contribution is 2.23. The third-order valence-electron chi connectivity index (χ3n) is 2.51. The second-order valence-corrected chi connectivity index (χ2v) is 3.74. The molecular formula is C9H15N3O. The molecular weight excluding hydrogens is 166 g/mol. The lowest BCUT2D eigenvalue weighted by molar-refractivity contribution is 0.0656. The van der Waals surface area contributed by atoms with E-state index in [1.165, 1.54) is 0 Å². The molecule has 1 aromatic rings. The third-order valence-corrected chi connectivity index (χ3v) is 2.51. The van der Waals surface area contributed by atoms with Crippen LogP contribution in [0.4, 0.5) is 5.95 Å². The number of ether oxygens (including phenoxy) is 1. The van der Waals surface area contributed by atoms with Crippen molar-refractivity contribution in [3.63, 3.8) is 0 Å². The average Bonchev–Trinajstić information content (AvgIpc) is 2.57. The summed E-state index contributed by atoms with van der Waals surface area (Å²) in [6.45, 7) is 3.88. The standard InChI is InChI=1S/C9H15N3O/c1-9(2-6-13-7-3-9)12-8-10-4-5-11-8/h4-5H,2-3,6-7H2,1H3,(H2,10,11,12). The summed E-state index contributed by atoms with van der Waals surface area (Å²) in [5.74, 6) is 0.851. The maximum absolute atomic E-state index is 5.31. The van der Waals surface area contributed by atoms with Crippen molar-refractivity contribution in [3.05, 3.63) is 12.4 Å². The molecule has 4 nitrogen and oxygen atoms in total. The maximum atomic E-state index is 5.31. The molecule has 0 saturated carbocycles. The van der Waals surface area contributed by atoms with Crippen molar-refractivity contribution < 1.29 is 4.74 Å². The lowest BCUT2D eigenvalue weighted by Crippen LogP contribution is -2.40. The Labute approximate surface area is 77.7 Å². The van der Waals surface area contributed by atoms with E-state index >= 15 is 0 Å². The molecule has 1 aliphatic rings. The molecule has 1 fully saturated rings. The van der Waals surface area contributed by atoms with E-state index in [1.807, 2.05) is 6.20 Å². The monoisotopic (exact) mass is 181 g/mol. The number of nitrogens with zero attached hydrogens (tertiary/aromatic N) is 1. The van der Waals surface area contributed by atoms with Gasteiger partial charge in [0.2, 0.25) is 0 Å². The summed E-state index contributed by atoms with van der Waals surface area (Å²) in [7, 11) is 0. The summed E-state index contributed by atoms with van der Waals surface area (Å²) in [5.41, 5.74) is 0.135. The Morgan fingerprint density at radius 2 is 2.31 bits per heavy atom. The fourth-order valence-corrected chi connectivity index (χ4v) is 1.57. The lowest BCUT2D eigenvalue weighted by atomic mass is 9.93. The first kappa shape index (κ1) is 8.56. The fourth-order valence-electron chi connectivity index (χ4n) is 1.57. The Kier molecular flexibility index (Phi) is 2.22. The van der Waals surface area contributed by atoms with Crippen molar-refractivity contribution in [1.29, 1.82) is 0 Å². The first-order valence-electron chi connectivity index (χ1n) is 4.64.